The van der Waals surface area contributed by atoms with Crippen molar-refractivity contribution < 1.29 is 23.1 Å². The summed E-state index contributed by atoms with van der Waals surface area (Å²) in [6.07, 6.45) is 0. The largest absolute Gasteiger partial charge is 0.482 e. The van der Waals surface area contributed by atoms with Crippen LogP contribution in [-0.2, 0) is 21.4 Å². The van der Waals surface area contributed by atoms with Crippen molar-refractivity contribution in [2.24, 2.45) is 0 Å². The molecule has 0 bridgehead atoms. The average Bonchev–Trinajstić information content (AvgIpc) is 2.97. The molecule has 0 unspecified atom stereocenters. The third-order valence-corrected chi connectivity index (χ3v) is 4.48. The minimum atomic E-state index is -3.64. The van der Waals surface area contributed by atoms with Gasteiger partial charge in [0, 0.05) is 5.38 Å². The van der Waals surface area contributed by atoms with Gasteiger partial charge in [-0.1, -0.05) is 0 Å². The van der Waals surface area contributed by atoms with E-state index in [1.54, 1.807) is 10.9 Å². The molecule has 0 aliphatic rings. The van der Waals surface area contributed by atoms with E-state index in [1.165, 1.54) is 35.6 Å². The molecule has 0 radical (unpaired) electrons. The minimum Gasteiger partial charge on any atom is -0.482 e. The summed E-state index contributed by atoms with van der Waals surface area (Å²) < 4.78 is 31.4. The highest BCUT2D eigenvalue weighted by molar-refractivity contribution is 7.89. The number of rotatable bonds is 7. The first-order valence-electron chi connectivity index (χ1n) is 5.79. The van der Waals surface area contributed by atoms with Gasteiger partial charge in [-0.2, -0.15) is 0 Å². The summed E-state index contributed by atoms with van der Waals surface area (Å²) in [7, 11) is -3.64. The van der Waals surface area contributed by atoms with Crippen LogP contribution in [0.1, 0.15) is 5.69 Å². The molecule has 0 fully saturated rings. The maximum Gasteiger partial charge on any atom is 0.341 e. The number of benzene rings is 1. The second kappa shape index (κ2) is 6.66. The Balaban J connectivity index is 2.01. The van der Waals surface area contributed by atoms with Gasteiger partial charge in [0.15, 0.2) is 6.61 Å². The highest BCUT2D eigenvalue weighted by atomic mass is 32.2. The first kappa shape index (κ1) is 15.4. The summed E-state index contributed by atoms with van der Waals surface area (Å²) >= 11 is 1.39. The maximum atomic E-state index is 12.0. The van der Waals surface area contributed by atoms with Crippen LogP contribution in [0.25, 0.3) is 0 Å². The fourth-order valence-electron chi connectivity index (χ4n) is 1.44. The number of carboxylic acid groups (broad SMARTS) is 1. The van der Waals surface area contributed by atoms with Crippen LogP contribution in [0.4, 0.5) is 0 Å². The van der Waals surface area contributed by atoms with Crippen LogP contribution in [0.3, 0.4) is 0 Å². The van der Waals surface area contributed by atoms with E-state index in [0.717, 1.165) is 0 Å². The number of thiazole rings is 1. The van der Waals surface area contributed by atoms with Crippen LogP contribution < -0.4 is 9.46 Å². The molecule has 0 spiro atoms. The zero-order valence-corrected chi connectivity index (χ0v) is 12.4. The van der Waals surface area contributed by atoms with E-state index >= 15 is 0 Å². The zero-order chi connectivity index (χ0) is 15.3. The van der Waals surface area contributed by atoms with Crippen LogP contribution in [0.2, 0.25) is 0 Å². The van der Waals surface area contributed by atoms with E-state index in [4.69, 9.17) is 9.84 Å². The number of ether oxygens (including phenoxy) is 1. The number of carbonyl (C=O) groups is 1. The van der Waals surface area contributed by atoms with Crippen LogP contribution in [-0.4, -0.2) is 31.1 Å². The van der Waals surface area contributed by atoms with Gasteiger partial charge in [0.2, 0.25) is 10.0 Å². The molecule has 0 amide bonds. The monoisotopic (exact) mass is 328 g/mol. The van der Waals surface area contributed by atoms with Gasteiger partial charge < -0.3 is 9.84 Å². The lowest BCUT2D eigenvalue weighted by molar-refractivity contribution is -0.139. The molecule has 112 valence electrons. The molecule has 7 nitrogen and oxygen atoms in total. The molecule has 0 atom stereocenters. The number of carboxylic acids is 1. The van der Waals surface area contributed by atoms with Crippen molar-refractivity contribution >= 4 is 27.3 Å². The lowest BCUT2D eigenvalue weighted by atomic mass is 10.3. The van der Waals surface area contributed by atoms with Crippen LogP contribution >= 0.6 is 11.3 Å². The maximum absolute atomic E-state index is 12.0. The molecule has 0 aliphatic carbocycles. The highest BCUT2D eigenvalue weighted by Gasteiger charge is 2.14. The summed E-state index contributed by atoms with van der Waals surface area (Å²) in [5, 5.41) is 10.2. The smallest absolute Gasteiger partial charge is 0.341 e. The third kappa shape index (κ3) is 4.52. The number of hydrogen-bond acceptors (Lipinski definition) is 6. The molecular weight excluding hydrogens is 316 g/mol. The fraction of sp³-hybridized carbons (Fsp3) is 0.167. The van der Waals surface area contributed by atoms with Crippen molar-refractivity contribution in [3.8, 4) is 5.75 Å². The van der Waals surface area contributed by atoms with Crippen molar-refractivity contribution in [2.75, 3.05) is 6.61 Å². The summed E-state index contributed by atoms with van der Waals surface area (Å²) in [6, 6.07) is 5.50. The van der Waals surface area contributed by atoms with Gasteiger partial charge in [0.25, 0.3) is 0 Å². The Kier molecular flexibility index (Phi) is 4.89. The Bertz CT molecular complexity index is 696. The highest BCUT2D eigenvalue weighted by Crippen LogP contribution is 2.16. The number of nitrogens with one attached hydrogen (secondary N) is 1. The SMILES string of the molecule is O=C(O)COc1ccc(S(=O)(=O)NCc2cscn2)cc1. The quantitative estimate of drug-likeness (QED) is 0.788. The van der Waals surface area contributed by atoms with Crippen LogP contribution in [0.15, 0.2) is 40.1 Å². The lowest BCUT2D eigenvalue weighted by Gasteiger charge is -2.07. The third-order valence-electron chi connectivity index (χ3n) is 2.42. The minimum absolute atomic E-state index is 0.0698. The Morgan fingerprint density at radius 3 is 2.62 bits per heavy atom. The van der Waals surface area contributed by atoms with Crippen molar-refractivity contribution in [2.45, 2.75) is 11.4 Å². The summed E-state index contributed by atoms with van der Waals surface area (Å²) in [5.74, 6) is -0.813. The fourth-order valence-corrected chi connectivity index (χ4v) is 2.99. The number of sulfonamides is 1. The van der Waals surface area contributed by atoms with E-state index in [-0.39, 0.29) is 17.2 Å². The average molecular weight is 328 g/mol. The molecule has 2 N–H and O–H groups in total. The molecule has 0 saturated carbocycles. The number of nitrogens with zero attached hydrogens (tertiary/aromatic N) is 1. The Morgan fingerprint density at radius 1 is 1.33 bits per heavy atom. The molecule has 1 aromatic heterocycles. The molecular formula is C12H12N2O5S2. The van der Waals surface area contributed by atoms with Crippen LogP contribution in [0, 0.1) is 0 Å². The van der Waals surface area contributed by atoms with Gasteiger partial charge >= 0.3 is 5.97 Å². The van der Waals surface area contributed by atoms with E-state index in [9.17, 15) is 13.2 Å². The Morgan fingerprint density at radius 2 is 2.05 bits per heavy atom. The molecule has 0 aliphatic heterocycles. The van der Waals surface area contributed by atoms with Gasteiger partial charge in [-0.15, -0.1) is 11.3 Å². The number of hydrogen-bond donors (Lipinski definition) is 2. The van der Waals surface area contributed by atoms with Crippen molar-refractivity contribution in [1.82, 2.24) is 9.71 Å². The van der Waals surface area contributed by atoms with Crippen molar-refractivity contribution in [3.63, 3.8) is 0 Å². The molecule has 21 heavy (non-hydrogen) atoms. The predicted octanol–water partition coefficient (Wildman–Crippen LogP) is 1.08. The van der Waals surface area contributed by atoms with Gasteiger partial charge in [0.1, 0.15) is 5.75 Å². The Labute approximate surface area is 125 Å². The van der Waals surface area contributed by atoms with E-state index < -0.39 is 22.6 Å². The second-order valence-corrected chi connectivity index (χ2v) is 6.44. The van der Waals surface area contributed by atoms with Gasteiger partial charge in [-0.25, -0.2) is 22.9 Å². The van der Waals surface area contributed by atoms with Gasteiger partial charge in [-0.05, 0) is 24.3 Å². The topological polar surface area (TPSA) is 106 Å². The normalized spacial score (nSPS) is 11.2. The van der Waals surface area contributed by atoms with E-state index in [0.29, 0.717) is 5.69 Å². The van der Waals surface area contributed by atoms with E-state index in [2.05, 4.69) is 9.71 Å². The predicted molar refractivity (Wildman–Crippen MR) is 75.7 cm³/mol. The van der Waals surface area contributed by atoms with Gasteiger partial charge in [-0.3, -0.25) is 0 Å². The lowest BCUT2D eigenvalue weighted by Crippen LogP contribution is -2.23. The molecule has 9 heteroatoms. The van der Waals surface area contributed by atoms with E-state index in [1.807, 2.05) is 0 Å². The van der Waals surface area contributed by atoms with Crippen molar-refractivity contribution in [1.29, 1.82) is 0 Å². The van der Waals surface area contributed by atoms with Gasteiger partial charge in [0.05, 0.1) is 22.6 Å². The molecule has 0 saturated heterocycles. The zero-order valence-electron chi connectivity index (χ0n) is 10.7. The molecule has 1 aromatic carbocycles. The van der Waals surface area contributed by atoms with Crippen LogP contribution in [0.5, 0.6) is 5.75 Å². The first-order valence-corrected chi connectivity index (χ1v) is 8.21. The summed E-state index contributed by atoms with van der Waals surface area (Å²) in [5.41, 5.74) is 2.27. The van der Waals surface area contributed by atoms with Crippen molar-refractivity contribution in [3.05, 3.63) is 40.8 Å². The summed E-state index contributed by atoms with van der Waals surface area (Å²) in [6.45, 7) is -0.364. The summed E-state index contributed by atoms with van der Waals surface area (Å²) in [4.78, 5) is 14.4. The number of aromatic nitrogens is 1. The first-order chi connectivity index (χ1) is 9.97. The molecule has 2 rings (SSSR count). The standard InChI is InChI=1S/C12H12N2O5S2/c15-12(16)6-19-10-1-3-11(4-2-10)21(17,18)14-5-9-7-20-8-13-9/h1-4,7-8,14H,5-6H2,(H,15,16). The molecule has 2 aromatic rings. The Hall–Kier alpha value is -1.97. The molecule has 1 heterocycles. The second-order valence-electron chi connectivity index (χ2n) is 3.96. The number of aliphatic carboxylic acids is 1.